The number of hydrogen-bond donors (Lipinski definition) is 0. The zero-order chi connectivity index (χ0) is 26.9. The fraction of sp³-hybridized carbons (Fsp3) is 0.778. The van der Waals surface area contributed by atoms with Gasteiger partial charge in [0.05, 0.1) is 0 Å². The van der Waals surface area contributed by atoms with Gasteiger partial charge in [-0.2, -0.15) is 0 Å². The van der Waals surface area contributed by atoms with Crippen LogP contribution in [0.25, 0.3) is 0 Å². The maximum absolute atomic E-state index is 2.64. The van der Waals surface area contributed by atoms with E-state index in [1.165, 1.54) is 166 Å². The van der Waals surface area contributed by atoms with Gasteiger partial charge in [-0.15, -0.1) is 0 Å². The van der Waals surface area contributed by atoms with E-state index in [1.807, 2.05) is 0 Å². The van der Waals surface area contributed by atoms with Gasteiger partial charge in [0.25, 0.3) is 0 Å². The normalized spacial score (nSPS) is 15.2. The van der Waals surface area contributed by atoms with E-state index in [1.54, 1.807) is 0 Å². The standard InChI is InChI=1S/C36H64N2/c1-3-5-7-9-11-13-15-17-19-21-23-28-32-37-33-34-38(35-29-25-24-26-30-35)36(37)31-27-22-20-18-16-14-12-10-8-6-4-2/h24-26,29-30,33-34,36H,3-23,27-28,31-32H2,1-2H3. The number of hydrogen-bond acceptors (Lipinski definition) is 2. The molecule has 0 saturated heterocycles. The van der Waals surface area contributed by atoms with E-state index in [4.69, 9.17) is 0 Å². The Balaban J connectivity index is 1.58. The van der Waals surface area contributed by atoms with Crippen LogP contribution in [0.2, 0.25) is 0 Å². The summed E-state index contributed by atoms with van der Waals surface area (Å²) in [6, 6.07) is 11.0. The molecule has 0 amide bonds. The van der Waals surface area contributed by atoms with Crippen LogP contribution in [0.4, 0.5) is 5.69 Å². The highest BCUT2D eigenvalue weighted by atomic mass is 15.4. The summed E-state index contributed by atoms with van der Waals surface area (Å²) in [6.07, 6.45) is 39.2. The zero-order valence-electron chi connectivity index (χ0n) is 25.7. The van der Waals surface area contributed by atoms with Crippen molar-refractivity contribution in [1.82, 2.24) is 4.90 Å². The number of rotatable bonds is 26. The Morgan fingerprint density at radius 3 is 1.37 bits per heavy atom. The third-order valence-corrected chi connectivity index (χ3v) is 8.51. The molecule has 0 aromatic heterocycles. The first kappa shape index (κ1) is 32.8. The van der Waals surface area contributed by atoms with E-state index in [2.05, 4.69) is 66.4 Å². The van der Waals surface area contributed by atoms with Gasteiger partial charge in [0.15, 0.2) is 0 Å². The van der Waals surface area contributed by atoms with Crippen molar-refractivity contribution in [2.24, 2.45) is 0 Å². The van der Waals surface area contributed by atoms with Crippen LogP contribution in [0, 0.1) is 0 Å². The fourth-order valence-electron chi connectivity index (χ4n) is 6.03. The van der Waals surface area contributed by atoms with Gasteiger partial charge in [-0.05, 0) is 31.4 Å². The van der Waals surface area contributed by atoms with Gasteiger partial charge in [-0.1, -0.05) is 167 Å². The first-order valence-electron chi connectivity index (χ1n) is 17.1. The van der Waals surface area contributed by atoms with Crippen LogP contribution in [0.15, 0.2) is 42.7 Å². The molecule has 0 N–H and O–H groups in total. The molecular formula is C36H64N2. The lowest BCUT2D eigenvalue weighted by Crippen LogP contribution is -2.39. The Morgan fingerprint density at radius 1 is 0.474 bits per heavy atom. The first-order valence-corrected chi connectivity index (χ1v) is 17.1. The van der Waals surface area contributed by atoms with E-state index < -0.39 is 0 Å². The molecule has 0 radical (unpaired) electrons. The van der Waals surface area contributed by atoms with Crippen molar-refractivity contribution in [3.8, 4) is 0 Å². The Morgan fingerprint density at radius 2 is 0.895 bits per heavy atom. The van der Waals surface area contributed by atoms with Crippen LogP contribution in [-0.2, 0) is 0 Å². The lowest BCUT2D eigenvalue weighted by Gasteiger charge is -2.33. The molecule has 1 aliphatic rings. The number of unbranched alkanes of at least 4 members (excludes halogenated alkanes) is 21. The monoisotopic (exact) mass is 525 g/mol. The van der Waals surface area contributed by atoms with Gasteiger partial charge in [-0.3, -0.25) is 0 Å². The van der Waals surface area contributed by atoms with Crippen LogP contribution in [0.1, 0.15) is 168 Å². The summed E-state index contributed by atoms with van der Waals surface area (Å²) < 4.78 is 0. The smallest absolute Gasteiger partial charge is 0.105 e. The predicted molar refractivity (Wildman–Crippen MR) is 171 cm³/mol. The predicted octanol–water partition coefficient (Wildman–Crippen LogP) is 12.0. The highest BCUT2D eigenvalue weighted by Gasteiger charge is 2.26. The lowest BCUT2D eigenvalue weighted by molar-refractivity contribution is 0.273. The Bertz CT molecular complexity index is 655. The summed E-state index contributed by atoms with van der Waals surface area (Å²) in [5.74, 6) is 0. The molecule has 0 spiro atoms. The number of anilines is 1. The molecule has 218 valence electrons. The highest BCUT2D eigenvalue weighted by Crippen LogP contribution is 2.28. The molecule has 2 nitrogen and oxygen atoms in total. The molecule has 0 aliphatic carbocycles. The first-order chi connectivity index (χ1) is 18.9. The molecule has 1 unspecified atom stereocenters. The van der Waals surface area contributed by atoms with Crippen LogP contribution in [0.3, 0.4) is 0 Å². The minimum absolute atomic E-state index is 0.503. The summed E-state index contributed by atoms with van der Waals surface area (Å²) in [4.78, 5) is 5.16. The average molecular weight is 525 g/mol. The highest BCUT2D eigenvalue weighted by molar-refractivity contribution is 5.51. The van der Waals surface area contributed by atoms with Crippen molar-refractivity contribution in [2.45, 2.75) is 174 Å². The van der Waals surface area contributed by atoms with Gasteiger partial charge in [-0.25, -0.2) is 0 Å². The molecule has 1 aromatic rings. The topological polar surface area (TPSA) is 6.48 Å². The third-order valence-electron chi connectivity index (χ3n) is 8.51. The molecule has 2 rings (SSSR count). The van der Waals surface area contributed by atoms with Gasteiger partial charge in [0.2, 0.25) is 0 Å². The second kappa shape index (κ2) is 23.4. The van der Waals surface area contributed by atoms with Crippen molar-refractivity contribution in [3.05, 3.63) is 42.7 Å². The van der Waals surface area contributed by atoms with E-state index in [0.717, 1.165) is 0 Å². The van der Waals surface area contributed by atoms with Crippen molar-refractivity contribution in [2.75, 3.05) is 11.4 Å². The molecule has 2 heteroatoms. The number of nitrogens with zero attached hydrogens (tertiary/aromatic N) is 2. The Kier molecular flexibility index (Phi) is 20.2. The van der Waals surface area contributed by atoms with Crippen molar-refractivity contribution >= 4 is 5.69 Å². The molecule has 0 bridgehead atoms. The quantitative estimate of drug-likeness (QED) is 0.111. The minimum atomic E-state index is 0.503. The minimum Gasteiger partial charge on any atom is -0.356 e. The zero-order valence-corrected chi connectivity index (χ0v) is 25.7. The number of benzene rings is 1. The van der Waals surface area contributed by atoms with Crippen molar-refractivity contribution in [1.29, 1.82) is 0 Å². The second-order valence-electron chi connectivity index (χ2n) is 12.0. The van der Waals surface area contributed by atoms with Crippen LogP contribution < -0.4 is 4.90 Å². The van der Waals surface area contributed by atoms with Crippen molar-refractivity contribution < 1.29 is 0 Å². The third kappa shape index (κ3) is 15.2. The SMILES string of the molecule is CCCCCCCCCCCCCCN1C=CN(c2ccccc2)C1CCCCCCCCCCCCC. The van der Waals surface area contributed by atoms with Gasteiger partial charge < -0.3 is 9.80 Å². The average Bonchev–Trinajstić information content (AvgIpc) is 3.35. The summed E-state index contributed by atoms with van der Waals surface area (Å²) in [5, 5.41) is 0. The Labute approximate surface area is 238 Å². The maximum Gasteiger partial charge on any atom is 0.105 e. The molecule has 1 atom stereocenters. The molecule has 0 fully saturated rings. The van der Waals surface area contributed by atoms with Gasteiger partial charge >= 0.3 is 0 Å². The fourth-order valence-corrected chi connectivity index (χ4v) is 6.03. The molecule has 1 aromatic carbocycles. The summed E-state index contributed by atoms with van der Waals surface area (Å²) in [7, 11) is 0. The lowest BCUT2D eigenvalue weighted by atomic mass is 10.0. The summed E-state index contributed by atoms with van der Waals surface area (Å²) in [6.45, 7) is 5.82. The molecule has 38 heavy (non-hydrogen) atoms. The summed E-state index contributed by atoms with van der Waals surface area (Å²) in [5.41, 5.74) is 1.34. The second-order valence-corrected chi connectivity index (χ2v) is 12.0. The molecule has 0 saturated carbocycles. The van der Waals surface area contributed by atoms with Crippen LogP contribution in [0.5, 0.6) is 0 Å². The number of para-hydroxylation sites is 1. The van der Waals surface area contributed by atoms with E-state index in [0.29, 0.717) is 6.17 Å². The maximum atomic E-state index is 2.64. The van der Waals surface area contributed by atoms with E-state index in [-0.39, 0.29) is 0 Å². The Hall–Kier alpha value is -1.44. The largest absolute Gasteiger partial charge is 0.356 e. The van der Waals surface area contributed by atoms with Crippen molar-refractivity contribution in [3.63, 3.8) is 0 Å². The van der Waals surface area contributed by atoms with Crippen LogP contribution >= 0.6 is 0 Å². The van der Waals surface area contributed by atoms with Gasteiger partial charge in [0.1, 0.15) is 6.17 Å². The van der Waals surface area contributed by atoms with Crippen LogP contribution in [-0.4, -0.2) is 17.6 Å². The van der Waals surface area contributed by atoms with E-state index in [9.17, 15) is 0 Å². The van der Waals surface area contributed by atoms with E-state index >= 15 is 0 Å². The molecular weight excluding hydrogens is 460 g/mol. The van der Waals surface area contributed by atoms with Gasteiger partial charge in [0, 0.05) is 24.6 Å². The molecule has 1 aliphatic heterocycles. The molecule has 1 heterocycles. The summed E-state index contributed by atoms with van der Waals surface area (Å²) >= 11 is 0.